The molecule has 3 rings (SSSR count). The summed E-state index contributed by atoms with van der Waals surface area (Å²) in [6.45, 7) is 2.62. The van der Waals surface area contributed by atoms with Crippen molar-refractivity contribution in [2.45, 2.75) is 20.1 Å². The minimum atomic E-state index is -0.872. The third kappa shape index (κ3) is 4.70. The number of aromatic nitrogens is 1. The van der Waals surface area contributed by atoms with Gasteiger partial charge in [0.15, 0.2) is 0 Å². The molecule has 0 saturated heterocycles. The molecule has 0 radical (unpaired) electrons. The number of carboxylic acid groups (broad SMARTS) is 1. The fraction of sp³-hybridized carbons (Fsp3) is 0.200. The van der Waals surface area contributed by atoms with Crippen LogP contribution in [0.2, 0.25) is 0 Å². The van der Waals surface area contributed by atoms with Crippen molar-refractivity contribution in [1.82, 2.24) is 10.3 Å². The molecule has 2 aromatic carbocycles. The van der Waals surface area contributed by atoms with Gasteiger partial charge in [0, 0.05) is 12.1 Å². The molecule has 6 nitrogen and oxygen atoms in total. The Labute approximate surface area is 151 Å². The summed E-state index contributed by atoms with van der Waals surface area (Å²) in [6, 6.07) is 17.2. The lowest BCUT2D eigenvalue weighted by Crippen LogP contribution is -2.21. The molecule has 0 saturated carbocycles. The number of hydrogen-bond donors (Lipinski definition) is 2. The summed E-state index contributed by atoms with van der Waals surface area (Å²) in [5.74, 6) is 1.17. The summed E-state index contributed by atoms with van der Waals surface area (Å²) in [7, 11) is 0. The molecule has 3 aromatic rings. The van der Waals surface area contributed by atoms with Crippen LogP contribution in [0.4, 0.5) is 0 Å². The highest BCUT2D eigenvalue weighted by Crippen LogP contribution is 2.22. The first-order chi connectivity index (χ1) is 12.6. The van der Waals surface area contributed by atoms with E-state index in [1.165, 1.54) is 0 Å². The van der Waals surface area contributed by atoms with Gasteiger partial charge in [-0.05, 0) is 36.8 Å². The zero-order valence-corrected chi connectivity index (χ0v) is 14.4. The first kappa shape index (κ1) is 17.7. The topological polar surface area (TPSA) is 84.6 Å². The number of oxazole rings is 1. The highest BCUT2D eigenvalue weighted by atomic mass is 16.5. The molecular formula is C20H20N2O4. The van der Waals surface area contributed by atoms with Crippen molar-refractivity contribution in [1.29, 1.82) is 0 Å². The van der Waals surface area contributed by atoms with Crippen molar-refractivity contribution in [3.05, 3.63) is 71.6 Å². The van der Waals surface area contributed by atoms with Gasteiger partial charge in [-0.15, -0.1) is 0 Å². The number of carbonyl (C=O) groups is 1. The van der Waals surface area contributed by atoms with Crippen LogP contribution in [0.5, 0.6) is 5.75 Å². The lowest BCUT2D eigenvalue weighted by Gasteiger charge is -2.06. The number of aliphatic carboxylic acids is 1. The number of benzene rings is 2. The molecule has 0 aliphatic heterocycles. The van der Waals surface area contributed by atoms with E-state index < -0.39 is 5.97 Å². The molecular weight excluding hydrogens is 332 g/mol. The smallest absolute Gasteiger partial charge is 0.317 e. The summed E-state index contributed by atoms with van der Waals surface area (Å²) in [4.78, 5) is 15.0. The molecule has 26 heavy (non-hydrogen) atoms. The van der Waals surface area contributed by atoms with Gasteiger partial charge in [0.05, 0.1) is 6.54 Å². The maximum absolute atomic E-state index is 10.5. The number of carboxylic acids is 1. The van der Waals surface area contributed by atoms with E-state index >= 15 is 0 Å². The number of nitrogens with zero attached hydrogens (tertiary/aromatic N) is 1. The highest BCUT2D eigenvalue weighted by molar-refractivity contribution is 5.69. The van der Waals surface area contributed by atoms with Crippen molar-refractivity contribution in [2.24, 2.45) is 0 Å². The van der Waals surface area contributed by atoms with Crippen LogP contribution >= 0.6 is 0 Å². The monoisotopic (exact) mass is 352 g/mol. The number of ether oxygens (including phenoxy) is 1. The van der Waals surface area contributed by atoms with Crippen LogP contribution < -0.4 is 10.1 Å². The van der Waals surface area contributed by atoms with E-state index in [0.29, 0.717) is 19.0 Å². The van der Waals surface area contributed by atoms with E-state index in [-0.39, 0.29) is 6.54 Å². The molecule has 0 fully saturated rings. The molecule has 134 valence electrons. The molecule has 0 amide bonds. The summed E-state index contributed by atoms with van der Waals surface area (Å²) >= 11 is 0. The first-order valence-electron chi connectivity index (χ1n) is 8.28. The van der Waals surface area contributed by atoms with Crippen molar-refractivity contribution >= 4 is 5.97 Å². The van der Waals surface area contributed by atoms with Gasteiger partial charge < -0.3 is 19.6 Å². The van der Waals surface area contributed by atoms with E-state index in [0.717, 1.165) is 28.3 Å². The average Bonchev–Trinajstić information content (AvgIpc) is 3.02. The van der Waals surface area contributed by atoms with Crippen LogP contribution in [0.25, 0.3) is 11.5 Å². The van der Waals surface area contributed by atoms with Crippen molar-refractivity contribution in [3.8, 4) is 17.2 Å². The van der Waals surface area contributed by atoms with Crippen molar-refractivity contribution in [2.75, 3.05) is 6.54 Å². The Morgan fingerprint density at radius 2 is 1.88 bits per heavy atom. The van der Waals surface area contributed by atoms with E-state index in [9.17, 15) is 4.79 Å². The van der Waals surface area contributed by atoms with Gasteiger partial charge in [-0.25, -0.2) is 4.98 Å². The number of nitrogens with one attached hydrogen (secondary N) is 1. The summed E-state index contributed by atoms with van der Waals surface area (Å²) in [6.07, 6.45) is 0. The second-order valence-electron chi connectivity index (χ2n) is 5.82. The standard InChI is InChI=1S/C20H20N2O4/c1-14-18(22-20(26-14)16-5-3-2-4-6-16)13-25-17-9-7-15(8-10-17)11-21-12-19(23)24/h2-10,21H,11-13H2,1H3,(H,23,24). The molecule has 0 unspecified atom stereocenters. The largest absolute Gasteiger partial charge is 0.487 e. The fourth-order valence-electron chi connectivity index (χ4n) is 2.44. The zero-order chi connectivity index (χ0) is 18.4. The SMILES string of the molecule is Cc1oc(-c2ccccc2)nc1COc1ccc(CNCC(=O)O)cc1. The van der Waals surface area contributed by atoms with Gasteiger partial charge in [0.1, 0.15) is 23.8 Å². The lowest BCUT2D eigenvalue weighted by atomic mass is 10.2. The number of rotatable bonds is 8. The van der Waals surface area contributed by atoms with E-state index in [4.69, 9.17) is 14.3 Å². The van der Waals surface area contributed by atoms with Gasteiger partial charge >= 0.3 is 5.97 Å². The molecule has 6 heteroatoms. The molecule has 1 aromatic heterocycles. The Bertz CT molecular complexity index is 857. The number of aryl methyl sites for hydroxylation is 1. The normalized spacial score (nSPS) is 10.7. The lowest BCUT2D eigenvalue weighted by molar-refractivity contribution is -0.135. The maximum Gasteiger partial charge on any atom is 0.317 e. The Balaban J connectivity index is 1.57. The van der Waals surface area contributed by atoms with Crippen molar-refractivity contribution < 1.29 is 19.1 Å². The molecule has 0 bridgehead atoms. The minimum Gasteiger partial charge on any atom is -0.487 e. The van der Waals surface area contributed by atoms with Crippen LogP contribution in [-0.2, 0) is 17.9 Å². The fourth-order valence-corrected chi connectivity index (χ4v) is 2.44. The molecule has 2 N–H and O–H groups in total. The Hall–Kier alpha value is -3.12. The first-order valence-corrected chi connectivity index (χ1v) is 8.28. The van der Waals surface area contributed by atoms with Gasteiger partial charge in [0.2, 0.25) is 5.89 Å². The van der Waals surface area contributed by atoms with E-state index in [1.54, 1.807) is 0 Å². The van der Waals surface area contributed by atoms with Crippen LogP contribution in [0, 0.1) is 6.92 Å². The summed E-state index contributed by atoms with van der Waals surface area (Å²) in [5.41, 5.74) is 2.68. The molecule has 0 atom stereocenters. The van der Waals surface area contributed by atoms with E-state index in [2.05, 4.69) is 10.3 Å². The second-order valence-corrected chi connectivity index (χ2v) is 5.82. The van der Waals surface area contributed by atoms with Crippen molar-refractivity contribution in [3.63, 3.8) is 0 Å². The molecule has 0 aliphatic carbocycles. The minimum absolute atomic E-state index is 0.0621. The van der Waals surface area contributed by atoms with Gasteiger partial charge in [-0.2, -0.15) is 0 Å². The Morgan fingerprint density at radius 3 is 2.58 bits per heavy atom. The third-order valence-corrected chi connectivity index (χ3v) is 3.82. The van der Waals surface area contributed by atoms with Crippen LogP contribution in [0.1, 0.15) is 17.0 Å². The molecule has 1 heterocycles. The third-order valence-electron chi connectivity index (χ3n) is 3.82. The highest BCUT2D eigenvalue weighted by Gasteiger charge is 2.11. The second kappa shape index (κ2) is 8.31. The Morgan fingerprint density at radius 1 is 1.15 bits per heavy atom. The van der Waals surface area contributed by atoms with Crippen LogP contribution in [0.3, 0.4) is 0 Å². The Kier molecular flexibility index (Phi) is 5.66. The zero-order valence-electron chi connectivity index (χ0n) is 14.4. The predicted octanol–water partition coefficient (Wildman–Crippen LogP) is 3.40. The van der Waals surface area contributed by atoms with Gasteiger partial charge in [0.25, 0.3) is 0 Å². The molecule has 0 aliphatic rings. The number of hydrogen-bond acceptors (Lipinski definition) is 5. The molecule has 0 spiro atoms. The summed E-state index contributed by atoms with van der Waals surface area (Å²) in [5, 5.41) is 11.5. The van der Waals surface area contributed by atoms with E-state index in [1.807, 2.05) is 61.5 Å². The van der Waals surface area contributed by atoms with Crippen LogP contribution in [-0.4, -0.2) is 22.6 Å². The summed E-state index contributed by atoms with van der Waals surface area (Å²) < 4.78 is 11.5. The quantitative estimate of drug-likeness (QED) is 0.646. The maximum atomic E-state index is 10.5. The van der Waals surface area contributed by atoms with Crippen LogP contribution in [0.15, 0.2) is 59.0 Å². The van der Waals surface area contributed by atoms with Gasteiger partial charge in [-0.1, -0.05) is 30.3 Å². The van der Waals surface area contributed by atoms with Gasteiger partial charge in [-0.3, -0.25) is 4.79 Å². The average molecular weight is 352 g/mol. The predicted molar refractivity (Wildman–Crippen MR) is 96.8 cm³/mol.